The van der Waals surface area contributed by atoms with Gasteiger partial charge in [0.05, 0.1) is 0 Å². The molecule has 0 radical (unpaired) electrons. The van der Waals surface area contributed by atoms with Gasteiger partial charge in [0.2, 0.25) is 0 Å². The van der Waals surface area contributed by atoms with E-state index >= 15 is 0 Å². The Morgan fingerprint density at radius 1 is 1.40 bits per heavy atom. The number of aromatic amines is 1. The van der Waals surface area contributed by atoms with Gasteiger partial charge < -0.3 is 0 Å². The van der Waals surface area contributed by atoms with Crippen molar-refractivity contribution in [2.75, 3.05) is 0 Å². The Kier molecular flexibility index (Phi) is 2.50. The van der Waals surface area contributed by atoms with Crippen LogP contribution in [0.2, 0.25) is 0 Å². The monoisotopic (exact) mass is 208 g/mol. The zero-order valence-electron chi connectivity index (χ0n) is 9.12. The molecule has 82 valence electrons. The van der Waals surface area contributed by atoms with Crippen LogP contribution in [0.5, 0.6) is 0 Å². The summed E-state index contributed by atoms with van der Waals surface area (Å²) in [5.41, 5.74) is 0.0566. The molecule has 0 aliphatic heterocycles. The molecule has 0 bridgehead atoms. The third-order valence-electron chi connectivity index (χ3n) is 3.21. The van der Waals surface area contributed by atoms with Gasteiger partial charge >= 0.3 is 5.69 Å². The van der Waals surface area contributed by atoms with Crippen molar-refractivity contribution in [2.24, 2.45) is 5.92 Å². The molecule has 1 heterocycles. The maximum absolute atomic E-state index is 11.6. The van der Waals surface area contributed by atoms with Gasteiger partial charge in [0.1, 0.15) is 0 Å². The van der Waals surface area contributed by atoms with Crippen LogP contribution >= 0.6 is 0 Å². The number of hydrogen-bond donors (Lipinski definition) is 1. The summed E-state index contributed by atoms with van der Waals surface area (Å²) in [7, 11) is 0. The highest BCUT2D eigenvalue weighted by molar-refractivity contribution is 5.02. The van der Waals surface area contributed by atoms with Crippen molar-refractivity contribution < 1.29 is 0 Å². The second-order valence-corrected chi connectivity index (χ2v) is 4.55. The molecule has 1 aliphatic carbocycles. The Balaban J connectivity index is 2.41. The quantitative estimate of drug-likeness (QED) is 0.754. The first kappa shape index (κ1) is 10.2. The molecule has 1 fully saturated rings. The highest BCUT2D eigenvalue weighted by atomic mass is 16.2. The van der Waals surface area contributed by atoms with Crippen LogP contribution < -0.4 is 11.2 Å². The number of rotatable bonds is 1. The summed E-state index contributed by atoms with van der Waals surface area (Å²) in [6, 6.07) is 0.267. The lowest BCUT2D eigenvalue weighted by Crippen LogP contribution is -2.32. The van der Waals surface area contributed by atoms with Gasteiger partial charge in [-0.05, 0) is 32.1 Å². The van der Waals surface area contributed by atoms with Gasteiger partial charge in [-0.1, -0.05) is 6.92 Å². The first-order chi connectivity index (χ1) is 7.08. The third-order valence-corrected chi connectivity index (χ3v) is 3.21. The number of aromatic nitrogens is 2. The molecule has 0 spiro atoms. The maximum atomic E-state index is 11.6. The molecular formula is C11H16N2O2. The average molecular weight is 208 g/mol. The first-order valence-corrected chi connectivity index (χ1v) is 5.40. The van der Waals surface area contributed by atoms with Gasteiger partial charge in [-0.15, -0.1) is 0 Å². The SMILES string of the molecule is Cc1cn([C@H]2CC[C@@H](C)C2)c(=O)[nH]c1=O. The molecule has 4 nitrogen and oxygen atoms in total. The predicted molar refractivity (Wildman–Crippen MR) is 58.1 cm³/mol. The van der Waals surface area contributed by atoms with E-state index in [4.69, 9.17) is 0 Å². The fourth-order valence-corrected chi connectivity index (χ4v) is 2.29. The van der Waals surface area contributed by atoms with E-state index in [1.165, 1.54) is 0 Å². The molecule has 0 amide bonds. The van der Waals surface area contributed by atoms with E-state index in [-0.39, 0.29) is 17.3 Å². The van der Waals surface area contributed by atoms with Crippen molar-refractivity contribution in [1.82, 2.24) is 9.55 Å². The van der Waals surface area contributed by atoms with E-state index in [9.17, 15) is 9.59 Å². The highest BCUT2D eigenvalue weighted by Gasteiger charge is 2.23. The molecule has 1 aliphatic rings. The summed E-state index contributed by atoms with van der Waals surface area (Å²) in [5.74, 6) is 0.675. The zero-order chi connectivity index (χ0) is 11.0. The van der Waals surface area contributed by atoms with Crippen molar-refractivity contribution >= 4 is 0 Å². The standard InChI is InChI=1S/C11H16N2O2/c1-7-3-4-9(5-7)13-6-8(2)10(14)12-11(13)15/h6-7,9H,3-5H2,1-2H3,(H,12,14,15)/t7-,9+/m1/s1. The van der Waals surface area contributed by atoms with Crippen molar-refractivity contribution in [3.8, 4) is 0 Å². The number of nitrogens with one attached hydrogen (secondary N) is 1. The van der Waals surface area contributed by atoms with E-state index in [0.717, 1.165) is 19.3 Å². The minimum absolute atomic E-state index is 0.267. The van der Waals surface area contributed by atoms with Crippen LogP contribution in [-0.4, -0.2) is 9.55 Å². The predicted octanol–water partition coefficient (Wildman–Crippen LogP) is 1.21. The average Bonchev–Trinajstić information content (AvgIpc) is 2.58. The lowest BCUT2D eigenvalue weighted by molar-refractivity contribution is 0.469. The molecule has 1 saturated carbocycles. The van der Waals surface area contributed by atoms with Crippen LogP contribution in [-0.2, 0) is 0 Å². The van der Waals surface area contributed by atoms with E-state index in [1.807, 2.05) is 0 Å². The van der Waals surface area contributed by atoms with Crippen molar-refractivity contribution in [3.63, 3.8) is 0 Å². The van der Waals surface area contributed by atoms with E-state index in [0.29, 0.717) is 11.5 Å². The van der Waals surface area contributed by atoms with Gasteiger partial charge in [-0.3, -0.25) is 14.3 Å². The molecule has 0 unspecified atom stereocenters. The second kappa shape index (κ2) is 3.68. The Labute approximate surface area is 88.0 Å². The summed E-state index contributed by atoms with van der Waals surface area (Å²) in [5, 5.41) is 0. The number of aryl methyl sites for hydroxylation is 1. The van der Waals surface area contributed by atoms with Gasteiger partial charge in [0, 0.05) is 17.8 Å². The zero-order valence-corrected chi connectivity index (χ0v) is 9.12. The van der Waals surface area contributed by atoms with Gasteiger partial charge in [-0.25, -0.2) is 4.79 Å². The van der Waals surface area contributed by atoms with Crippen molar-refractivity contribution in [1.29, 1.82) is 0 Å². The fourth-order valence-electron chi connectivity index (χ4n) is 2.29. The molecule has 2 atom stereocenters. The molecule has 15 heavy (non-hydrogen) atoms. The number of hydrogen-bond acceptors (Lipinski definition) is 2. The van der Waals surface area contributed by atoms with Gasteiger partial charge in [-0.2, -0.15) is 0 Å². The summed E-state index contributed by atoms with van der Waals surface area (Å²) in [6.45, 7) is 3.93. The Hall–Kier alpha value is -1.32. The Morgan fingerprint density at radius 3 is 2.73 bits per heavy atom. The maximum Gasteiger partial charge on any atom is 0.328 e. The molecule has 0 aromatic carbocycles. The smallest absolute Gasteiger partial charge is 0.297 e. The Morgan fingerprint density at radius 2 is 2.13 bits per heavy atom. The normalized spacial score (nSPS) is 25.7. The summed E-state index contributed by atoms with van der Waals surface area (Å²) >= 11 is 0. The molecule has 2 rings (SSSR count). The minimum Gasteiger partial charge on any atom is -0.297 e. The van der Waals surface area contributed by atoms with Crippen LogP contribution in [0.3, 0.4) is 0 Å². The first-order valence-electron chi connectivity index (χ1n) is 5.40. The second-order valence-electron chi connectivity index (χ2n) is 4.55. The highest BCUT2D eigenvalue weighted by Crippen LogP contribution is 2.32. The molecule has 1 N–H and O–H groups in total. The summed E-state index contributed by atoms with van der Waals surface area (Å²) in [6.07, 6.45) is 4.91. The molecular weight excluding hydrogens is 192 g/mol. The summed E-state index contributed by atoms with van der Waals surface area (Å²) < 4.78 is 1.68. The van der Waals surface area contributed by atoms with E-state index in [2.05, 4.69) is 11.9 Å². The van der Waals surface area contributed by atoms with Crippen LogP contribution in [0.1, 0.15) is 37.8 Å². The van der Waals surface area contributed by atoms with Gasteiger partial charge in [0.15, 0.2) is 0 Å². The fraction of sp³-hybridized carbons (Fsp3) is 0.636. The van der Waals surface area contributed by atoms with E-state index < -0.39 is 0 Å². The van der Waals surface area contributed by atoms with Crippen LogP contribution in [0, 0.1) is 12.8 Å². The van der Waals surface area contributed by atoms with E-state index in [1.54, 1.807) is 17.7 Å². The van der Waals surface area contributed by atoms with Crippen LogP contribution in [0.15, 0.2) is 15.8 Å². The number of nitrogens with zero attached hydrogens (tertiary/aromatic N) is 1. The molecule has 1 aromatic heterocycles. The van der Waals surface area contributed by atoms with Crippen LogP contribution in [0.4, 0.5) is 0 Å². The minimum atomic E-state index is -0.276. The molecule has 4 heteroatoms. The largest absolute Gasteiger partial charge is 0.328 e. The van der Waals surface area contributed by atoms with Crippen molar-refractivity contribution in [3.05, 3.63) is 32.6 Å². The third kappa shape index (κ3) is 1.89. The molecule has 0 saturated heterocycles. The lowest BCUT2D eigenvalue weighted by Gasteiger charge is -2.13. The van der Waals surface area contributed by atoms with Crippen molar-refractivity contribution in [2.45, 2.75) is 39.2 Å². The summed E-state index contributed by atoms with van der Waals surface area (Å²) in [4.78, 5) is 25.1. The molecule has 1 aromatic rings. The van der Waals surface area contributed by atoms with Crippen LogP contribution in [0.25, 0.3) is 0 Å². The van der Waals surface area contributed by atoms with Gasteiger partial charge in [0.25, 0.3) is 5.56 Å². The number of H-pyrrole nitrogens is 1. The lowest BCUT2D eigenvalue weighted by atomic mass is 10.1. The Bertz CT molecular complexity index is 472. The topological polar surface area (TPSA) is 54.9 Å².